The van der Waals surface area contributed by atoms with Gasteiger partial charge in [-0.2, -0.15) is 4.39 Å². The van der Waals surface area contributed by atoms with Crippen molar-refractivity contribution in [2.75, 3.05) is 54.8 Å². The zero-order chi connectivity index (χ0) is 29.7. The normalized spacial score (nSPS) is 24.6. The molecular weight excluding hydrogens is 549 g/mol. The lowest BCUT2D eigenvalue weighted by Crippen LogP contribution is -2.50. The largest absolute Gasteiger partial charge is 0.399 e. The summed E-state index contributed by atoms with van der Waals surface area (Å²) < 4.78 is 15.9. The number of amides is 2. The van der Waals surface area contributed by atoms with E-state index in [1.165, 1.54) is 24.9 Å². The minimum absolute atomic E-state index is 0.0838. The fourth-order valence-electron chi connectivity index (χ4n) is 7.74. The van der Waals surface area contributed by atoms with Crippen molar-refractivity contribution < 1.29 is 14.0 Å². The fourth-order valence-corrected chi connectivity index (χ4v) is 7.74. The van der Waals surface area contributed by atoms with E-state index in [2.05, 4.69) is 37.2 Å². The van der Waals surface area contributed by atoms with E-state index in [4.69, 9.17) is 5.73 Å². The molecule has 1 spiro atoms. The fraction of sp³-hybridized carbons (Fsp3) is 0.500. The molecule has 1 aliphatic carbocycles. The Hall–Kier alpha value is -3.99. The first-order valence-corrected chi connectivity index (χ1v) is 15.4. The zero-order valence-electron chi connectivity index (χ0n) is 24.3. The Morgan fingerprint density at radius 3 is 2.26 bits per heavy atom. The van der Waals surface area contributed by atoms with Crippen molar-refractivity contribution in [1.82, 2.24) is 20.0 Å². The van der Waals surface area contributed by atoms with E-state index in [1.807, 2.05) is 18.2 Å². The van der Waals surface area contributed by atoms with Gasteiger partial charge in [-0.05, 0) is 86.4 Å². The summed E-state index contributed by atoms with van der Waals surface area (Å²) in [7, 11) is 0. The van der Waals surface area contributed by atoms with Crippen LogP contribution >= 0.6 is 0 Å². The summed E-state index contributed by atoms with van der Waals surface area (Å²) in [5, 5.41) is 6.37. The van der Waals surface area contributed by atoms with Crippen LogP contribution in [0.2, 0.25) is 0 Å². The molecule has 7 rings (SSSR count). The molecule has 10 nitrogen and oxygen atoms in total. The van der Waals surface area contributed by atoms with Gasteiger partial charge in [0.2, 0.25) is 11.9 Å². The lowest BCUT2D eigenvalue weighted by Gasteiger charge is -2.42. The standard InChI is InChI=1S/C32H38FN7O3/c33-29-25-6-5-23(19-26(25)31(43)40(36-29)27-7-8-28(41)35-30(27)42)37-13-11-32(12-14-37)10-9-24(20-32)39-17-15-38(16-18-39)22-3-1-21(34)2-4-22/h1-6,19,24,27H,7-18,20,34H2,(H,35,41,42). The maximum atomic E-state index is 15.0. The number of halogens is 1. The minimum Gasteiger partial charge on any atom is -0.399 e. The number of carbonyl (C=O) groups excluding carboxylic acids is 2. The highest BCUT2D eigenvalue weighted by Gasteiger charge is 2.43. The van der Waals surface area contributed by atoms with E-state index in [-0.39, 0.29) is 23.6 Å². The van der Waals surface area contributed by atoms with E-state index < -0.39 is 29.4 Å². The second kappa shape index (κ2) is 10.9. The number of nitrogens with zero attached hydrogens (tertiary/aromatic N) is 5. The third-order valence-corrected chi connectivity index (χ3v) is 10.3. The van der Waals surface area contributed by atoms with Gasteiger partial charge in [0.05, 0.1) is 5.39 Å². The Morgan fingerprint density at radius 2 is 1.53 bits per heavy atom. The summed E-state index contributed by atoms with van der Waals surface area (Å²) in [6, 6.07) is 13.0. The minimum atomic E-state index is -1.00. The molecule has 1 aromatic heterocycles. The number of nitrogens with two attached hydrogens (primary N) is 1. The van der Waals surface area contributed by atoms with Gasteiger partial charge in [0, 0.05) is 74.2 Å². The summed E-state index contributed by atoms with van der Waals surface area (Å²) in [6.07, 6.45) is 6.11. The molecule has 11 heteroatoms. The van der Waals surface area contributed by atoms with Crippen LogP contribution in [-0.4, -0.2) is 71.8 Å². The first-order valence-electron chi connectivity index (χ1n) is 15.4. The molecule has 2 amide bonds. The second-order valence-corrected chi connectivity index (χ2v) is 12.7. The van der Waals surface area contributed by atoms with Crippen LogP contribution in [0.25, 0.3) is 10.8 Å². The van der Waals surface area contributed by atoms with Gasteiger partial charge in [-0.3, -0.25) is 24.6 Å². The summed E-state index contributed by atoms with van der Waals surface area (Å²) in [5.74, 6) is -1.82. The number of nitrogen functional groups attached to an aromatic ring is 1. The summed E-state index contributed by atoms with van der Waals surface area (Å²) in [5.41, 5.74) is 8.61. The molecule has 43 heavy (non-hydrogen) atoms. The number of nitrogens with one attached hydrogen (secondary N) is 1. The lowest BCUT2D eigenvalue weighted by atomic mass is 9.76. The molecule has 2 aromatic carbocycles. The van der Waals surface area contributed by atoms with E-state index >= 15 is 0 Å². The molecule has 3 saturated heterocycles. The van der Waals surface area contributed by atoms with Gasteiger partial charge in [0.15, 0.2) is 0 Å². The van der Waals surface area contributed by atoms with Crippen LogP contribution in [0.3, 0.4) is 0 Å². The van der Waals surface area contributed by atoms with Crippen molar-refractivity contribution in [1.29, 1.82) is 0 Å². The average molecular weight is 588 g/mol. The van der Waals surface area contributed by atoms with Crippen LogP contribution in [0, 0.1) is 11.4 Å². The van der Waals surface area contributed by atoms with E-state index in [9.17, 15) is 18.8 Å². The number of fused-ring (bicyclic) bond motifs is 1. The number of carbonyl (C=O) groups is 2. The van der Waals surface area contributed by atoms with Gasteiger partial charge in [-0.25, -0.2) is 4.68 Å². The predicted octanol–water partition coefficient (Wildman–Crippen LogP) is 3.06. The highest BCUT2D eigenvalue weighted by atomic mass is 19.1. The molecule has 4 fully saturated rings. The number of hydrogen-bond acceptors (Lipinski definition) is 8. The van der Waals surface area contributed by atoms with Gasteiger partial charge in [0.25, 0.3) is 11.5 Å². The maximum absolute atomic E-state index is 15.0. The molecule has 3 N–H and O–H groups in total. The molecular formula is C32H38FN7O3. The molecule has 0 bridgehead atoms. The number of hydrogen-bond donors (Lipinski definition) is 2. The number of anilines is 3. The number of imide groups is 1. The van der Waals surface area contributed by atoms with Crippen molar-refractivity contribution in [2.45, 2.75) is 57.0 Å². The summed E-state index contributed by atoms with van der Waals surface area (Å²) in [6.45, 7) is 6.00. The van der Waals surface area contributed by atoms with Crippen LogP contribution in [-0.2, 0) is 9.59 Å². The van der Waals surface area contributed by atoms with Gasteiger partial charge < -0.3 is 15.5 Å². The molecule has 1 saturated carbocycles. The van der Waals surface area contributed by atoms with Crippen LogP contribution in [0.4, 0.5) is 21.5 Å². The van der Waals surface area contributed by atoms with Crippen LogP contribution in [0.1, 0.15) is 51.0 Å². The van der Waals surface area contributed by atoms with Crippen molar-refractivity contribution in [3.63, 3.8) is 0 Å². The number of benzene rings is 2. The smallest absolute Gasteiger partial charge is 0.275 e. The van der Waals surface area contributed by atoms with Crippen LogP contribution < -0.4 is 26.4 Å². The molecule has 3 aliphatic heterocycles. The molecule has 3 aromatic rings. The van der Waals surface area contributed by atoms with E-state index in [0.717, 1.165) is 68.2 Å². The third-order valence-electron chi connectivity index (χ3n) is 10.3. The molecule has 4 heterocycles. The van der Waals surface area contributed by atoms with E-state index in [0.29, 0.717) is 11.5 Å². The highest BCUT2D eigenvalue weighted by Crippen LogP contribution is 2.48. The Bertz CT molecular complexity index is 1610. The lowest BCUT2D eigenvalue weighted by molar-refractivity contribution is -0.136. The first-order chi connectivity index (χ1) is 20.8. The molecule has 4 aliphatic rings. The predicted molar refractivity (Wildman–Crippen MR) is 164 cm³/mol. The van der Waals surface area contributed by atoms with Crippen LogP contribution in [0.5, 0.6) is 0 Å². The molecule has 226 valence electrons. The number of rotatable bonds is 4. The summed E-state index contributed by atoms with van der Waals surface area (Å²) in [4.78, 5) is 44.8. The SMILES string of the molecule is Nc1ccc(N2CCN(C3CCC4(CCN(c5ccc6c(F)nn(C7CCC(=O)NC7=O)c(=O)c6c5)CC4)C3)CC2)cc1. The Morgan fingerprint density at radius 1 is 0.837 bits per heavy atom. The van der Waals surface area contributed by atoms with Crippen molar-refractivity contribution in [3.05, 3.63) is 58.8 Å². The van der Waals surface area contributed by atoms with Crippen molar-refractivity contribution in [3.8, 4) is 0 Å². The van der Waals surface area contributed by atoms with Crippen LogP contribution in [0.15, 0.2) is 47.3 Å². The van der Waals surface area contributed by atoms with Crippen molar-refractivity contribution >= 4 is 39.6 Å². The van der Waals surface area contributed by atoms with Gasteiger partial charge in [0.1, 0.15) is 6.04 Å². The average Bonchev–Trinajstić information content (AvgIpc) is 3.43. The second-order valence-electron chi connectivity index (χ2n) is 12.7. The van der Waals surface area contributed by atoms with Gasteiger partial charge in [-0.1, -0.05) is 0 Å². The molecule has 2 atom stereocenters. The van der Waals surface area contributed by atoms with Crippen molar-refractivity contribution in [2.24, 2.45) is 5.41 Å². The number of piperidine rings is 2. The Balaban J connectivity index is 1.00. The Kier molecular flexibility index (Phi) is 7.07. The van der Waals surface area contributed by atoms with Gasteiger partial charge >= 0.3 is 0 Å². The zero-order valence-corrected chi connectivity index (χ0v) is 24.3. The highest BCUT2D eigenvalue weighted by molar-refractivity contribution is 5.99. The maximum Gasteiger partial charge on any atom is 0.275 e. The number of piperazine rings is 1. The topological polar surface area (TPSA) is 117 Å². The Labute approximate surface area is 249 Å². The number of aromatic nitrogens is 2. The molecule has 2 unspecified atom stereocenters. The monoisotopic (exact) mass is 587 g/mol. The molecule has 0 radical (unpaired) electrons. The third kappa shape index (κ3) is 5.24. The van der Waals surface area contributed by atoms with Gasteiger partial charge in [-0.15, -0.1) is 5.10 Å². The first kappa shape index (κ1) is 27.8. The summed E-state index contributed by atoms with van der Waals surface area (Å²) >= 11 is 0. The quantitative estimate of drug-likeness (QED) is 0.354. The van der Waals surface area contributed by atoms with E-state index in [1.54, 1.807) is 12.1 Å².